The molecule has 1 unspecified atom stereocenters. The normalized spacial score (nSPS) is 12.2. The Morgan fingerprint density at radius 2 is 1.85 bits per heavy atom. The fraction of sp³-hybridized carbons (Fsp3) is 0.889. The third-order valence-electron chi connectivity index (χ3n) is 1.60. The first-order valence-corrected chi connectivity index (χ1v) is 5.47. The van der Waals surface area contributed by atoms with Crippen LogP contribution in [0.1, 0.15) is 34.1 Å². The lowest BCUT2D eigenvalue weighted by atomic mass is 10.3. The molecule has 0 spiro atoms. The minimum atomic E-state index is 0.376. The smallest absolute Gasteiger partial charge is 0.0894 e. The standard InChI is InChI=1S/C9H19N2OP/c1-8(2)11(9(3)4)13-12-7-5-6-10/h8-9,13H,5,7H2,1-4H3. The Kier molecular flexibility index (Phi) is 7.17. The molecule has 3 nitrogen and oxygen atoms in total. The number of hydrogen-bond acceptors (Lipinski definition) is 3. The van der Waals surface area contributed by atoms with Gasteiger partial charge in [0.05, 0.1) is 28.1 Å². The van der Waals surface area contributed by atoms with Crippen LogP contribution in [0.2, 0.25) is 0 Å². The average Bonchev–Trinajstić information content (AvgIpc) is 2.02. The highest BCUT2D eigenvalue weighted by atomic mass is 31.1. The molecule has 0 bridgehead atoms. The van der Waals surface area contributed by atoms with E-state index in [1.54, 1.807) is 0 Å². The number of nitrogens with zero attached hydrogens (tertiary/aromatic N) is 2. The summed E-state index contributed by atoms with van der Waals surface area (Å²) in [5.41, 5.74) is 0. The van der Waals surface area contributed by atoms with Gasteiger partial charge in [0.15, 0.2) is 0 Å². The lowest BCUT2D eigenvalue weighted by molar-refractivity contribution is 0.270. The first kappa shape index (κ1) is 12.8. The Labute approximate surface area is 83.0 Å². The van der Waals surface area contributed by atoms with Crippen LogP contribution >= 0.6 is 8.96 Å². The second-order valence-corrected chi connectivity index (χ2v) is 4.43. The van der Waals surface area contributed by atoms with Crippen LogP contribution in [0.25, 0.3) is 0 Å². The van der Waals surface area contributed by atoms with E-state index in [-0.39, 0.29) is 0 Å². The Bertz CT molecular complexity index is 157. The predicted molar refractivity (Wildman–Crippen MR) is 56.6 cm³/mol. The van der Waals surface area contributed by atoms with Crippen molar-refractivity contribution in [1.29, 1.82) is 5.26 Å². The molecular formula is C9H19N2OP. The summed E-state index contributed by atoms with van der Waals surface area (Å²) in [5, 5.41) is 8.31. The molecule has 0 rings (SSSR count). The SMILES string of the molecule is CC(C)N(POCCC#N)C(C)C. The minimum absolute atomic E-state index is 0.376. The molecule has 0 heterocycles. The van der Waals surface area contributed by atoms with Crippen molar-refractivity contribution in [2.24, 2.45) is 0 Å². The van der Waals surface area contributed by atoms with E-state index in [4.69, 9.17) is 9.79 Å². The van der Waals surface area contributed by atoms with E-state index < -0.39 is 0 Å². The first-order chi connectivity index (χ1) is 6.09. The summed E-state index contributed by atoms with van der Waals surface area (Å²) >= 11 is 0. The van der Waals surface area contributed by atoms with Gasteiger partial charge in [-0.1, -0.05) is 0 Å². The van der Waals surface area contributed by atoms with Crippen molar-refractivity contribution < 1.29 is 4.52 Å². The molecule has 4 heteroatoms. The van der Waals surface area contributed by atoms with Gasteiger partial charge < -0.3 is 4.52 Å². The molecule has 76 valence electrons. The van der Waals surface area contributed by atoms with Gasteiger partial charge in [0.2, 0.25) is 0 Å². The van der Waals surface area contributed by atoms with Crippen LogP contribution in [-0.2, 0) is 4.52 Å². The van der Waals surface area contributed by atoms with Gasteiger partial charge in [0.1, 0.15) is 0 Å². The molecule has 0 fully saturated rings. The van der Waals surface area contributed by atoms with E-state index in [0.717, 1.165) is 0 Å². The molecular weight excluding hydrogens is 183 g/mol. The van der Waals surface area contributed by atoms with E-state index in [9.17, 15) is 0 Å². The van der Waals surface area contributed by atoms with E-state index >= 15 is 0 Å². The topological polar surface area (TPSA) is 36.3 Å². The zero-order chi connectivity index (χ0) is 10.3. The highest BCUT2D eigenvalue weighted by Crippen LogP contribution is 2.25. The maximum Gasteiger partial charge on any atom is 0.0894 e. The van der Waals surface area contributed by atoms with E-state index in [1.807, 2.05) is 0 Å². The largest absolute Gasteiger partial charge is 0.345 e. The first-order valence-electron chi connectivity index (χ1n) is 4.62. The predicted octanol–water partition coefficient (Wildman–Crippen LogP) is 2.54. The number of hydrogen-bond donors (Lipinski definition) is 0. The summed E-state index contributed by atoms with van der Waals surface area (Å²) in [6.07, 6.45) is 0.483. The molecule has 0 aromatic rings. The zero-order valence-corrected chi connectivity index (χ0v) is 9.87. The Hall–Kier alpha value is -0.160. The van der Waals surface area contributed by atoms with Crippen molar-refractivity contribution in [3.05, 3.63) is 0 Å². The van der Waals surface area contributed by atoms with Crippen molar-refractivity contribution in [3.8, 4) is 6.07 Å². The lowest BCUT2D eigenvalue weighted by Crippen LogP contribution is -2.29. The lowest BCUT2D eigenvalue weighted by Gasteiger charge is -2.29. The Morgan fingerprint density at radius 3 is 2.23 bits per heavy atom. The third-order valence-corrected chi connectivity index (χ3v) is 3.18. The highest BCUT2D eigenvalue weighted by molar-refractivity contribution is 7.29. The van der Waals surface area contributed by atoms with E-state index in [0.29, 0.717) is 34.1 Å². The van der Waals surface area contributed by atoms with Gasteiger partial charge >= 0.3 is 0 Å². The van der Waals surface area contributed by atoms with Gasteiger partial charge in [-0.25, -0.2) is 0 Å². The summed E-state index contributed by atoms with van der Waals surface area (Å²) in [6.45, 7) is 9.16. The molecule has 0 saturated carbocycles. The molecule has 0 aromatic carbocycles. The maximum absolute atomic E-state index is 8.31. The molecule has 1 atom stereocenters. The minimum Gasteiger partial charge on any atom is -0.345 e. The fourth-order valence-corrected chi connectivity index (χ4v) is 1.79. The van der Waals surface area contributed by atoms with Crippen LogP contribution in [0.15, 0.2) is 0 Å². The van der Waals surface area contributed by atoms with Crippen LogP contribution in [-0.4, -0.2) is 23.4 Å². The molecule has 13 heavy (non-hydrogen) atoms. The van der Waals surface area contributed by atoms with Crippen LogP contribution in [0.3, 0.4) is 0 Å². The molecule has 0 aliphatic carbocycles. The molecule has 0 radical (unpaired) electrons. The van der Waals surface area contributed by atoms with Crippen molar-refractivity contribution in [3.63, 3.8) is 0 Å². The van der Waals surface area contributed by atoms with E-state index in [1.165, 1.54) is 0 Å². The molecule has 0 saturated heterocycles. The molecule has 0 N–H and O–H groups in total. The summed E-state index contributed by atoms with van der Waals surface area (Å²) in [4.78, 5) is 0. The second kappa shape index (κ2) is 7.26. The monoisotopic (exact) mass is 202 g/mol. The average molecular weight is 202 g/mol. The molecule has 0 aromatic heterocycles. The highest BCUT2D eigenvalue weighted by Gasteiger charge is 2.12. The summed E-state index contributed by atoms with van der Waals surface area (Å²) in [6, 6.07) is 3.06. The molecule has 0 aliphatic heterocycles. The van der Waals surface area contributed by atoms with Crippen molar-refractivity contribution in [2.75, 3.05) is 6.61 Å². The van der Waals surface area contributed by atoms with Gasteiger partial charge in [-0.15, -0.1) is 0 Å². The number of rotatable bonds is 6. The van der Waals surface area contributed by atoms with Gasteiger partial charge in [0, 0.05) is 12.1 Å². The fourth-order valence-electron chi connectivity index (χ4n) is 1.02. The van der Waals surface area contributed by atoms with Crippen LogP contribution in [0.4, 0.5) is 0 Å². The maximum atomic E-state index is 8.31. The van der Waals surface area contributed by atoms with Crippen molar-refractivity contribution >= 4 is 8.96 Å². The van der Waals surface area contributed by atoms with Crippen LogP contribution in [0, 0.1) is 11.3 Å². The van der Waals surface area contributed by atoms with Gasteiger partial charge in [-0.3, -0.25) is 4.67 Å². The van der Waals surface area contributed by atoms with Gasteiger partial charge in [0.25, 0.3) is 0 Å². The Morgan fingerprint density at radius 1 is 1.31 bits per heavy atom. The van der Waals surface area contributed by atoms with Crippen molar-refractivity contribution in [1.82, 2.24) is 4.67 Å². The van der Waals surface area contributed by atoms with Crippen LogP contribution in [0.5, 0.6) is 0 Å². The molecule has 0 aliphatic rings. The third kappa shape index (κ3) is 5.99. The van der Waals surface area contributed by atoms with Crippen LogP contribution < -0.4 is 0 Å². The molecule has 0 amide bonds. The summed E-state index contributed by atoms with van der Waals surface area (Å²) < 4.78 is 7.67. The quantitative estimate of drug-likeness (QED) is 0.490. The summed E-state index contributed by atoms with van der Waals surface area (Å²) in [5.74, 6) is 0. The number of nitriles is 1. The Balaban J connectivity index is 3.65. The second-order valence-electron chi connectivity index (χ2n) is 3.44. The van der Waals surface area contributed by atoms with Crippen molar-refractivity contribution in [2.45, 2.75) is 46.2 Å². The van der Waals surface area contributed by atoms with Gasteiger partial charge in [-0.05, 0) is 27.7 Å². The van der Waals surface area contributed by atoms with E-state index in [2.05, 4.69) is 38.4 Å². The summed E-state index contributed by atoms with van der Waals surface area (Å²) in [7, 11) is 0.376. The van der Waals surface area contributed by atoms with Gasteiger partial charge in [-0.2, -0.15) is 5.26 Å². The zero-order valence-electron chi connectivity index (χ0n) is 8.87.